The first-order valence-electron chi connectivity index (χ1n) is 6.31. The number of benzene rings is 2. The third-order valence-corrected chi connectivity index (χ3v) is 4.74. The van der Waals surface area contributed by atoms with Crippen molar-refractivity contribution >= 4 is 16.0 Å². The Balaban J connectivity index is 2.21. The zero-order valence-corrected chi connectivity index (χ0v) is 12.8. The molecule has 0 aliphatic heterocycles. The van der Waals surface area contributed by atoms with E-state index in [0.717, 1.165) is 4.31 Å². The Morgan fingerprint density at radius 2 is 1.64 bits per heavy atom. The van der Waals surface area contributed by atoms with Crippen LogP contribution in [0.25, 0.3) is 0 Å². The molecule has 0 unspecified atom stereocenters. The summed E-state index contributed by atoms with van der Waals surface area (Å²) in [6.45, 7) is 0. The molecule has 0 atom stereocenters. The third-order valence-electron chi connectivity index (χ3n) is 2.91. The number of carbonyl (C=O) groups is 1. The summed E-state index contributed by atoms with van der Waals surface area (Å²) in [5, 5.41) is 0. The Hall–Kier alpha value is -2.25. The van der Waals surface area contributed by atoms with E-state index in [1.807, 2.05) is 0 Å². The molecule has 0 heterocycles. The summed E-state index contributed by atoms with van der Waals surface area (Å²) in [6.07, 6.45) is 0. The number of nitrogens with zero attached hydrogens (tertiary/aromatic N) is 1. The maximum atomic E-state index is 13.4. The van der Waals surface area contributed by atoms with E-state index in [1.54, 1.807) is 6.07 Å². The number of sulfonamides is 1. The van der Waals surface area contributed by atoms with E-state index in [0.29, 0.717) is 0 Å². The van der Waals surface area contributed by atoms with Crippen LogP contribution in [0.5, 0.6) is 5.75 Å². The van der Waals surface area contributed by atoms with Crippen molar-refractivity contribution in [2.45, 2.75) is 4.90 Å². The molecule has 116 valence electrons. The second-order valence-corrected chi connectivity index (χ2v) is 6.78. The lowest BCUT2D eigenvalue weighted by molar-refractivity contribution is 0.0727. The number of hydrogen-bond acceptors (Lipinski definition) is 4. The zero-order valence-electron chi connectivity index (χ0n) is 12.0. The summed E-state index contributed by atoms with van der Waals surface area (Å²) in [5.74, 6) is -1.60. The maximum absolute atomic E-state index is 13.4. The highest BCUT2D eigenvalue weighted by molar-refractivity contribution is 7.89. The van der Waals surface area contributed by atoms with E-state index in [4.69, 9.17) is 4.74 Å². The standard InChI is InChI=1S/C15H14FNO4S/c1-17(2)22(19,20)12-9-7-11(8-10-12)15(18)21-14-6-4-3-5-13(14)16/h3-10H,1-2H3. The highest BCUT2D eigenvalue weighted by atomic mass is 32.2. The highest BCUT2D eigenvalue weighted by Gasteiger charge is 2.18. The monoisotopic (exact) mass is 323 g/mol. The molecule has 0 aliphatic rings. The van der Waals surface area contributed by atoms with Gasteiger partial charge in [-0.15, -0.1) is 0 Å². The Kier molecular flexibility index (Phi) is 4.58. The minimum Gasteiger partial charge on any atom is -0.420 e. The van der Waals surface area contributed by atoms with Crippen LogP contribution in [0.2, 0.25) is 0 Å². The fourth-order valence-electron chi connectivity index (χ4n) is 1.66. The van der Waals surface area contributed by atoms with Gasteiger partial charge >= 0.3 is 5.97 Å². The summed E-state index contributed by atoms with van der Waals surface area (Å²) >= 11 is 0. The molecule has 2 aromatic carbocycles. The number of carbonyl (C=O) groups excluding carboxylic acids is 1. The van der Waals surface area contributed by atoms with Crippen molar-refractivity contribution < 1.29 is 22.3 Å². The van der Waals surface area contributed by atoms with Crippen molar-refractivity contribution in [2.24, 2.45) is 0 Å². The quantitative estimate of drug-likeness (QED) is 0.640. The van der Waals surface area contributed by atoms with Crippen molar-refractivity contribution in [3.8, 4) is 5.75 Å². The van der Waals surface area contributed by atoms with Gasteiger partial charge in [0.25, 0.3) is 0 Å². The van der Waals surface area contributed by atoms with Gasteiger partial charge in [-0.2, -0.15) is 0 Å². The van der Waals surface area contributed by atoms with E-state index < -0.39 is 21.8 Å². The average Bonchev–Trinajstić information content (AvgIpc) is 2.49. The third kappa shape index (κ3) is 3.32. The van der Waals surface area contributed by atoms with Crippen LogP contribution in [0.4, 0.5) is 4.39 Å². The van der Waals surface area contributed by atoms with Gasteiger partial charge in [0.2, 0.25) is 10.0 Å². The van der Waals surface area contributed by atoms with Crippen molar-refractivity contribution in [1.29, 1.82) is 0 Å². The Morgan fingerprint density at radius 3 is 2.18 bits per heavy atom. The van der Waals surface area contributed by atoms with Gasteiger partial charge in [-0.05, 0) is 36.4 Å². The molecule has 2 rings (SSSR count). The number of para-hydroxylation sites is 1. The van der Waals surface area contributed by atoms with E-state index >= 15 is 0 Å². The number of esters is 1. The van der Waals surface area contributed by atoms with Gasteiger partial charge in [0, 0.05) is 14.1 Å². The summed E-state index contributed by atoms with van der Waals surface area (Å²) in [7, 11) is -0.739. The van der Waals surface area contributed by atoms with Crippen LogP contribution in [-0.4, -0.2) is 32.8 Å². The van der Waals surface area contributed by atoms with Gasteiger partial charge in [-0.25, -0.2) is 21.9 Å². The van der Waals surface area contributed by atoms with Crippen LogP contribution in [0.1, 0.15) is 10.4 Å². The summed E-state index contributed by atoms with van der Waals surface area (Å²) in [5.41, 5.74) is 0.126. The molecule has 0 saturated heterocycles. The molecule has 0 bridgehead atoms. The van der Waals surface area contributed by atoms with Crippen LogP contribution < -0.4 is 4.74 Å². The molecule has 0 saturated carbocycles. The molecular formula is C15H14FNO4S. The molecule has 0 fully saturated rings. The van der Waals surface area contributed by atoms with Gasteiger partial charge in [-0.3, -0.25) is 0 Å². The lowest BCUT2D eigenvalue weighted by Crippen LogP contribution is -2.22. The first-order chi connectivity index (χ1) is 10.3. The van der Waals surface area contributed by atoms with Crippen LogP contribution >= 0.6 is 0 Å². The second kappa shape index (κ2) is 6.25. The molecule has 0 spiro atoms. The average molecular weight is 323 g/mol. The molecular weight excluding hydrogens is 309 g/mol. The summed E-state index contributed by atoms with van der Waals surface area (Å²) in [4.78, 5) is 12.0. The molecule has 0 aromatic heterocycles. The minimum absolute atomic E-state index is 0.0555. The van der Waals surface area contributed by atoms with E-state index in [9.17, 15) is 17.6 Å². The van der Waals surface area contributed by atoms with Gasteiger partial charge in [0.05, 0.1) is 10.5 Å². The van der Waals surface area contributed by atoms with Crippen LogP contribution in [0, 0.1) is 5.82 Å². The normalized spacial score (nSPS) is 11.5. The lowest BCUT2D eigenvalue weighted by Gasteiger charge is -2.11. The minimum atomic E-state index is -3.56. The van der Waals surface area contributed by atoms with Crippen molar-refractivity contribution in [2.75, 3.05) is 14.1 Å². The first-order valence-corrected chi connectivity index (χ1v) is 7.75. The number of halogens is 1. The van der Waals surface area contributed by atoms with Crippen molar-refractivity contribution in [3.05, 3.63) is 59.9 Å². The number of rotatable bonds is 4. The van der Waals surface area contributed by atoms with Crippen LogP contribution in [0.15, 0.2) is 53.4 Å². The van der Waals surface area contributed by atoms with E-state index in [1.165, 1.54) is 56.6 Å². The Bertz CT molecular complexity index is 785. The molecule has 0 aliphatic carbocycles. The smallest absolute Gasteiger partial charge is 0.343 e. The SMILES string of the molecule is CN(C)S(=O)(=O)c1ccc(C(=O)Oc2ccccc2F)cc1. The summed E-state index contributed by atoms with van der Waals surface area (Å²) < 4.78 is 43.2. The summed E-state index contributed by atoms with van der Waals surface area (Å²) in [6, 6.07) is 10.8. The van der Waals surface area contributed by atoms with Gasteiger partial charge in [-0.1, -0.05) is 12.1 Å². The highest BCUT2D eigenvalue weighted by Crippen LogP contribution is 2.18. The predicted octanol–water partition coefficient (Wildman–Crippen LogP) is 2.30. The largest absolute Gasteiger partial charge is 0.420 e. The van der Waals surface area contributed by atoms with Gasteiger partial charge in [0.1, 0.15) is 0 Å². The number of hydrogen-bond donors (Lipinski definition) is 0. The molecule has 2 aromatic rings. The first kappa shape index (κ1) is 16.1. The molecule has 0 radical (unpaired) electrons. The van der Waals surface area contributed by atoms with Crippen LogP contribution in [0.3, 0.4) is 0 Å². The van der Waals surface area contributed by atoms with E-state index in [2.05, 4.69) is 0 Å². The molecule has 5 nitrogen and oxygen atoms in total. The maximum Gasteiger partial charge on any atom is 0.343 e. The topological polar surface area (TPSA) is 63.7 Å². The predicted molar refractivity (Wildman–Crippen MR) is 78.7 cm³/mol. The number of ether oxygens (including phenoxy) is 1. The fourth-order valence-corrected chi connectivity index (χ4v) is 2.56. The van der Waals surface area contributed by atoms with Gasteiger partial charge in [0.15, 0.2) is 11.6 Å². The molecule has 7 heteroatoms. The molecule has 22 heavy (non-hydrogen) atoms. The Morgan fingerprint density at radius 1 is 1.05 bits per heavy atom. The van der Waals surface area contributed by atoms with Crippen LogP contribution in [-0.2, 0) is 10.0 Å². The molecule has 0 N–H and O–H groups in total. The Labute approximate surface area is 128 Å². The molecule has 0 amide bonds. The van der Waals surface area contributed by atoms with Crippen molar-refractivity contribution in [1.82, 2.24) is 4.31 Å². The van der Waals surface area contributed by atoms with Gasteiger partial charge < -0.3 is 4.74 Å². The fraction of sp³-hybridized carbons (Fsp3) is 0.133. The zero-order chi connectivity index (χ0) is 16.3. The van der Waals surface area contributed by atoms with E-state index in [-0.39, 0.29) is 16.2 Å². The second-order valence-electron chi connectivity index (χ2n) is 4.63. The lowest BCUT2D eigenvalue weighted by atomic mass is 10.2. The van der Waals surface area contributed by atoms with Crippen molar-refractivity contribution in [3.63, 3.8) is 0 Å².